The van der Waals surface area contributed by atoms with Crippen LogP contribution in [0.25, 0.3) is 43.1 Å². The van der Waals surface area contributed by atoms with E-state index in [0.29, 0.717) is 0 Å². The predicted octanol–water partition coefficient (Wildman–Crippen LogP) is 5.92. The molecule has 0 amide bonds. The van der Waals surface area contributed by atoms with Crippen molar-refractivity contribution in [2.75, 3.05) is 0 Å². The van der Waals surface area contributed by atoms with Gasteiger partial charge in [0, 0.05) is 11.0 Å². The summed E-state index contributed by atoms with van der Waals surface area (Å²) in [4.78, 5) is 0. The first-order valence-corrected chi connectivity index (χ1v) is 7.62. The van der Waals surface area contributed by atoms with E-state index in [9.17, 15) is 0 Å². The molecule has 0 aliphatic heterocycles. The number of fused-ring (bicyclic) bond motifs is 4. The summed E-state index contributed by atoms with van der Waals surface area (Å²) in [5.41, 5.74) is 0. The predicted molar refractivity (Wildman–Crippen MR) is 102 cm³/mol. The minimum atomic E-state index is 0. The molecule has 0 bridgehead atoms. The Kier molecular flexibility index (Phi) is 3.17. The highest BCUT2D eigenvalue weighted by atomic mass is 28.1. The quantitative estimate of drug-likeness (QED) is 0.246. The zero-order valence-corrected chi connectivity index (χ0v) is 13.6. The third kappa shape index (κ3) is 2.21. The molecule has 0 aliphatic carbocycles. The standard InChI is InChI=1S/C22H14.Si/c1-2-6-16-10-20-14-22-12-18-8-4-3-7-17(18)11-21(22)13-19(20)9-15(16)5-1;/h1-14H;. The zero-order chi connectivity index (χ0) is 14.5. The van der Waals surface area contributed by atoms with E-state index in [-0.39, 0.29) is 11.0 Å². The van der Waals surface area contributed by atoms with Crippen LogP contribution in [-0.4, -0.2) is 11.0 Å². The third-order valence-corrected chi connectivity index (χ3v) is 4.52. The summed E-state index contributed by atoms with van der Waals surface area (Å²) in [6, 6.07) is 30.9. The van der Waals surface area contributed by atoms with Gasteiger partial charge >= 0.3 is 0 Å². The summed E-state index contributed by atoms with van der Waals surface area (Å²) >= 11 is 0. The fourth-order valence-corrected chi connectivity index (χ4v) is 3.39. The number of hydrogen-bond donors (Lipinski definition) is 0. The van der Waals surface area contributed by atoms with Crippen molar-refractivity contribution in [2.45, 2.75) is 0 Å². The zero-order valence-electron chi connectivity index (χ0n) is 12.6. The fourth-order valence-electron chi connectivity index (χ4n) is 3.39. The first-order valence-electron chi connectivity index (χ1n) is 7.62. The van der Waals surface area contributed by atoms with E-state index < -0.39 is 0 Å². The largest absolute Gasteiger partial charge is 0.0616 e. The fraction of sp³-hybridized carbons (Fsp3) is 0. The third-order valence-electron chi connectivity index (χ3n) is 4.52. The van der Waals surface area contributed by atoms with Crippen LogP contribution in [0.2, 0.25) is 0 Å². The Morgan fingerprint density at radius 2 is 0.522 bits per heavy atom. The van der Waals surface area contributed by atoms with E-state index in [2.05, 4.69) is 84.9 Å². The Morgan fingerprint density at radius 3 is 0.783 bits per heavy atom. The Morgan fingerprint density at radius 1 is 0.304 bits per heavy atom. The monoisotopic (exact) mass is 306 g/mol. The number of hydrogen-bond acceptors (Lipinski definition) is 0. The van der Waals surface area contributed by atoms with Crippen LogP contribution in [0.5, 0.6) is 0 Å². The van der Waals surface area contributed by atoms with Crippen LogP contribution in [-0.2, 0) is 0 Å². The Bertz CT molecular complexity index is 988. The lowest BCUT2D eigenvalue weighted by atomic mass is 9.97. The molecule has 5 aromatic carbocycles. The van der Waals surface area contributed by atoms with Gasteiger partial charge in [-0.25, -0.2) is 0 Å². The van der Waals surface area contributed by atoms with Crippen LogP contribution in [0.3, 0.4) is 0 Å². The summed E-state index contributed by atoms with van der Waals surface area (Å²) < 4.78 is 0. The second kappa shape index (κ2) is 5.22. The molecule has 0 N–H and O–H groups in total. The lowest BCUT2D eigenvalue weighted by Gasteiger charge is -2.07. The molecule has 23 heavy (non-hydrogen) atoms. The van der Waals surface area contributed by atoms with Crippen LogP contribution >= 0.6 is 0 Å². The molecule has 0 heterocycles. The first-order chi connectivity index (χ1) is 10.9. The molecule has 5 rings (SSSR count). The van der Waals surface area contributed by atoms with Crippen molar-refractivity contribution in [1.29, 1.82) is 0 Å². The smallest absolute Gasteiger partial charge is 0 e. The molecular formula is C22H14Si. The molecule has 5 aromatic rings. The summed E-state index contributed by atoms with van der Waals surface area (Å²) in [6.07, 6.45) is 0. The van der Waals surface area contributed by atoms with E-state index in [1.54, 1.807) is 0 Å². The molecule has 4 radical (unpaired) electrons. The van der Waals surface area contributed by atoms with E-state index in [1.165, 1.54) is 43.1 Å². The van der Waals surface area contributed by atoms with E-state index in [1.807, 2.05) is 0 Å². The molecule has 0 nitrogen and oxygen atoms in total. The molecule has 0 fully saturated rings. The summed E-state index contributed by atoms with van der Waals surface area (Å²) in [5, 5.41) is 10.4. The van der Waals surface area contributed by atoms with E-state index >= 15 is 0 Å². The van der Waals surface area contributed by atoms with Crippen LogP contribution < -0.4 is 0 Å². The Labute approximate surface area is 139 Å². The molecule has 0 spiro atoms. The van der Waals surface area contributed by atoms with Crippen molar-refractivity contribution < 1.29 is 0 Å². The maximum atomic E-state index is 2.31. The van der Waals surface area contributed by atoms with Gasteiger partial charge in [0.15, 0.2) is 0 Å². The molecule has 0 saturated carbocycles. The van der Waals surface area contributed by atoms with Crippen molar-refractivity contribution in [3.05, 3.63) is 84.9 Å². The highest BCUT2D eigenvalue weighted by molar-refractivity contribution is 6.08. The van der Waals surface area contributed by atoms with Gasteiger partial charge in [-0.3, -0.25) is 0 Å². The van der Waals surface area contributed by atoms with Crippen LogP contribution in [0.4, 0.5) is 0 Å². The summed E-state index contributed by atoms with van der Waals surface area (Å²) in [7, 11) is 0. The Balaban J connectivity index is 0.00000135. The molecule has 106 valence electrons. The second-order valence-corrected chi connectivity index (χ2v) is 5.95. The molecule has 0 atom stereocenters. The Hall–Kier alpha value is -2.64. The SMILES string of the molecule is [Si].c1ccc2cc3cc4cc5ccccc5cc4cc3cc2c1. The van der Waals surface area contributed by atoms with Gasteiger partial charge in [0.1, 0.15) is 0 Å². The van der Waals surface area contributed by atoms with Crippen LogP contribution in [0, 0.1) is 0 Å². The lowest BCUT2D eigenvalue weighted by Crippen LogP contribution is -1.80. The highest BCUT2D eigenvalue weighted by Gasteiger charge is 2.02. The maximum Gasteiger partial charge on any atom is 0 e. The van der Waals surface area contributed by atoms with Crippen molar-refractivity contribution in [2.24, 2.45) is 0 Å². The van der Waals surface area contributed by atoms with Gasteiger partial charge in [0.05, 0.1) is 0 Å². The first kappa shape index (κ1) is 14.0. The van der Waals surface area contributed by atoms with E-state index in [0.717, 1.165) is 0 Å². The average Bonchev–Trinajstić information content (AvgIpc) is 2.56. The summed E-state index contributed by atoms with van der Waals surface area (Å²) in [5.74, 6) is 0. The maximum absolute atomic E-state index is 2.31. The van der Waals surface area contributed by atoms with Gasteiger partial charge in [0.2, 0.25) is 0 Å². The molecule has 0 unspecified atom stereocenters. The normalized spacial score (nSPS) is 11.1. The minimum Gasteiger partial charge on any atom is -0.0616 e. The van der Waals surface area contributed by atoms with Crippen molar-refractivity contribution >= 4 is 54.1 Å². The number of benzene rings is 5. The van der Waals surface area contributed by atoms with Gasteiger partial charge < -0.3 is 0 Å². The van der Waals surface area contributed by atoms with Crippen molar-refractivity contribution in [1.82, 2.24) is 0 Å². The van der Waals surface area contributed by atoms with Gasteiger partial charge in [-0.15, -0.1) is 0 Å². The minimum absolute atomic E-state index is 0. The van der Waals surface area contributed by atoms with Crippen LogP contribution in [0.15, 0.2) is 84.9 Å². The van der Waals surface area contributed by atoms with Crippen molar-refractivity contribution in [3.8, 4) is 0 Å². The number of rotatable bonds is 0. The topological polar surface area (TPSA) is 0 Å². The summed E-state index contributed by atoms with van der Waals surface area (Å²) in [6.45, 7) is 0. The van der Waals surface area contributed by atoms with Gasteiger partial charge in [-0.1, -0.05) is 48.5 Å². The van der Waals surface area contributed by atoms with Gasteiger partial charge in [-0.05, 0) is 79.5 Å². The average molecular weight is 306 g/mol. The van der Waals surface area contributed by atoms with Crippen molar-refractivity contribution in [3.63, 3.8) is 0 Å². The second-order valence-electron chi connectivity index (χ2n) is 5.95. The molecular weight excluding hydrogens is 292 g/mol. The lowest BCUT2D eigenvalue weighted by molar-refractivity contribution is 1.78. The highest BCUT2D eigenvalue weighted by Crippen LogP contribution is 2.29. The van der Waals surface area contributed by atoms with Crippen LogP contribution in [0.1, 0.15) is 0 Å². The molecule has 0 aliphatic rings. The van der Waals surface area contributed by atoms with E-state index in [4.69, 9.17) is 0 Å². The molecule has 0 aromatic heterocycles. The molecule has 1 heteroatoms. The van der Waals surface area contributed by atoms with Gasteiger partial charge in [0.25, 0.3) is 0 Å². The van der Waals surface area contributed by atoms with Gasteiger partial charge in [-0.2, -0.15) is 0 Å². The molecule has 0 saturated heterocycles.